The number of benzene rings is 2. The first-order valence-electron chi connectivity index (χ1n) is 12.5. The number of hydrogen-bond donors (Lipinski definition) is 2. The lowest BCUT2D eigenvalue weighted by atomic mass is 9.82. The first-order chi connectivity index (χ1) is 16.1. The Morgan fingerprint density at radius 1 is 1.12 bits per heavy atom. The van der Waals surface area contributed by atoms with Gasteiger partial charge in [0.25, 0.3) is 0 Å². The molecule has 2 aliphatic carbocycles. The number of nitrogens with one attached hydrogen (secondary N) is 1. The predicted octanol–water partition coefficient (Wildman–Crippen LogP) is 6.36. The van der Waals surface area contributed by atoms with E-state index in [-0.39, 0.29) is 5.56 Å². The van der Waals surface area contributed by atoms with E-state index in [1.807, 2.05) is 6.07 Å². The van der Waals surface area contributed by atoms with Gasteiger partial charge in [-0.15, -0.1) is 0 Å². The molecule has 4 rings (SSSR count). The summed E-state index contributed by atoms with van der Waals surface area (Å²) in [7, 11) is 1.62. The van der Waals surface area contributed by atoms with Crippen LogP contribution in [0.3, 0.4) is 0 Å². The first kappa shape index (κ1) is 23.6. The zero-order valence-electron chi connectivity index (χ0n) is 19.9. The van der Waals surface area contributed by atoms with Crippen molar-refractivity contribution in [3.63, 3.8) is 0 Å². The lowest BCUT2D eigenvalue weighted by molar-refractivity contribution is 0.0696. The number of carbonyl (C=O) groups is 1. The number of methoxy groups -OCH3 is 1. The third-order valence-corrected chi connectivity index (χ3v) is 7.48. The molecular formula is C29H37NO3. The Labute approximate surface area is 198 Å². The van der Waals surface area contributed by atoms with Gasteiger partial charge >= 0.3 is 5.97 Å². The Morgan fingerprint density at radius 3 is 2.55 bits per heavy atom. The van der Waals surface area contributed by atoms with Crippen molar-refractivity contribution in [2.45, 2.75) is 70.4 Å². The SMILES string of the molecule is CC/C(=C\c1ccccc1)[C@@H]1C[C@H]1NC1CCC(CCc2ccc(C(=O)O)cc2OC)CC1. The number of aromatic carboxylic acids is 1. The fourth-order valence-corrected chi connectivity index (χ4v) is 5.39. The molecule has 2 fully saturated rings. The van der Waals surface area contributed by atoms with Gasteiger partial charge in [0.05, 0.1) is 12.7 Å². The number of carboxylic acid groups (broad SMARTS) is 1. The van der Waals surface area contributed by atoms with Crippen molar-refractivity contribution in [3.8, 4) is 5.75 Å². The highest BCUT2D eigenvalue weighted by Crippen LogP contribution is 2.41. The van der Waals surface area contributed by atoms with Gasteiger partial charge in [0.1, 0.15) is 5.75 Å². The van der Waals surface area contributed by atoms with E-state index in [0.29, 0.717) is 23.8 Å². The van der Waals surface area contributed by atoms with Gasteiger partial charge in [0, 0.05) is 12.1 Å². The number of aryl methyl sites for hydroxylation is 1. The van der Waals surface area contributed by atoms with Crippen LogP contribution in [-0.4, -0.2) is 30.3 Å². The molecule has 0 saturated heterocycles. The normalized spacial score (nSPS) is 25.0. The highest BCUT2D eigenvalue weighted by molar-refractivity contribution is 5.88. The van der Waals surface area contributed by atoms with Gasteiger partial charge in [-0.1, -0.05) is 55.0 Å². The van der Waals surface area contributed by atoms with Crippen LogP contribution in [0.15, 0.2) is 54.1 Å². The minimum absolute atomic E-state index is 0.283. The Hall–Kier alpha value is -2.59. The molecular weight excluding hydrogens is 410 g/mol. The zero-order chi connectivity index (χ0) is 23.2. The third kappa shape index (κ3) is 6.26. The minimum Gasteiger partial charge on any atom is -0.496 e. The summed E-state index contributed by atoms with van der Waals surface area (Å²) in [6.45, 7) is 2.28. The van der Waals surface area contributed by atoms with Gasteiger partial charge < -0.3 is 15.2 Å². The zero-order valence-corrected chi connectivity index (χ0v) is 19.9. The van der Waals surface area contributed by atoms with Crippen LogP contribution < -0.4 is 10.1 Å². The molecule has 0 aliphatic heterocycles. The van der Waals surface area contributed by atoms with E-state index < -0.39 is 5.97 Å². The quantitative estimate of drug-likeness (QED) is 0.445. The molecule has 0 aromatic heterocycles. The summed E-state index contributed by atoms with van der Waals surface area (Å²) in [5.41, 5.74) is 4.29. The fraction of sp³-hybridized carbons (Fsp3) is 0.483. The average Bonchev–Trinajstić information content (AvgIpc) is 3.61. The predicted molar refractivity (Wildman–Crippen MR) is 134 cm³/mol. The second-order valence-electron chi connectivity index (χ2n) is 9.69. The molecule has 2 atom stereocenters. The monoisotopic (exact) mass is 447 g/mol. The summed E-state index contributed by atoms with van der Waals surface area (Å²) in [5.74, 6) is 1.23. The van der Waals surface area contributed by atoms with E-state index in [1.54, 1.807) is 24.8 Å². The van der Waals surface area contributed by atoms with Gasteiger partial charge in [0.15, 0.2) is 0 Å². The molecule has 33 heavy (non-hydrogen) atoms. The molecule has 176 valence electrons. The molecule has 0 bridgehead atoms. The summed E-state index contributed by atoms with van der Waals surface area (Å²) >= 11 is 0. The van der Waals surface area contributed by atoms with E-state index in [2.05, 4.69) is 48.6 Å². The van der Waals surface area contributed by atoms with Gasteiger partial charge in [-0.2, -0.15) is 0 Å². The summed E-state index contributed by atoms with van der Waals surface area (Å²) in [6.07, 6.45) is 11.9. The maximum Gasteiger partial charge on any atom is 0.335 e. The molecule has 0 amide bonds. The lowest BCUT2D eigenvalue weighted by Gasteiger charge is -2.29. The standard InChI is InChI=1S/C29H37NO3/c1-3-22(17-21-7-5-4-6-8-21)26-19-27(26)30-25-15-10-20(11-16-25)9-12-23-13-14-24(29(31)32)18-28(23)33-2/h4-8,13-14,17-18,20,25-27,30H,3,9-12,15-16,19H2,1-2H3,(H,31,32)/b22-17+/t20?,25?,26-,27+/m0/s1. The van der Waals surface area contributed by atoms with Gasteiger partial charge in [-0.05, 0) is 86.5 Å². The highest BCUT2D eigenvalue weighted by Gasteiger charge is 2.40. The van der Waals surface area contributed by atoms with E-state index in [0.717, 1.165) is 30.7 Å². The first-order valence-corrected chi connectivity index (χ1v) is 12.5. The molecule has 0 spiro atoms. The molecule has 4 heteroatoms. The lowest BCUT2D eigenvalue weighted by Crippen LogP contribution is -2.35. The maximum absolute atomic E-state index is 11.2. The van der Waals surface area contributed by atoms with Crippen molar-refractivity contribution in [1.29, 1.82) is 0 Å². The summed E-state index contributed by atoms with van der Waals surface area (Å²) in [5, 5.41) is 13.1. The van der Waals surface area contributed by atoms with Crippen LogP contribution in [0.4, 0.5) is 0 Å². The maximum atomic E-state index is 11.2. The molecule has 2 saturated carbocycles. The molecule has 2 aromatic rings. The molecule has 2 N–H and O–H groups in total. The molecule has 0 heterocycles. The van der Waals surface area contributed by atoms with Gasteiger partial charge in [-0.3, -0.25) is 0 Å². The third-order valence-electron chi connectivity index (χ3n) is 7.48. The van der Waals surface area contributed by atoms with Crippen LogP contribution in [0, 0.1) is 11.8 Å². The molecule has 0 radical (unpaired) electrons. The van der Waals surface area contributed by atoms with Crippen molar-refractivity contribution < 1.29 is 14.6 Å². The van der Waals surface area contributed by atoms with Crippen molar-refractivity contribution in [2.24, 2.45) is 11.8 Å². The molecule has 2 aromatic carbocycles. The van der Waals surface area contributed by atoms with Crippen LogP contribution in [0.25, 0.3) is 6.08 Å². The second kappa shape index (κ2) is 11.0. The smallest absolute Gasteiger partial charge is 0.335 e. The van der Waals surface area contributed by atoms with E-state index in [1.165, 1.54) is 37.7 Å². The number of ether oxygens (including phenoxy) is 1. The largest absolute Gasteiger partial charge is 0.496 e. The number of rotatable bonds is 10. The van der Waals surface area contributed by atoms with Crippen molar-refractivity contribution in [2.75, 3.05) is 7.11 Å². The molecule has 0 unspecified atom stereocenters. The Morgan fingerprint density at radius 2 is 1.88 bits per heavy atom. The topological polar surface area (TPSA) is 58.6 Å². The highest BCUT2D eigenvalue weighted by atomic mass is 16.5. The molecule has 4 nitrogen and oxygen atoms in total. The summed E-state index contributed by atoms with van der Waals surface area (Å²) in [4.78, 5) is 11.2. The van der Waals surface area contributed by atoms with Crippen LogP contribution in [0.5, 0.6) is 5.75 Å². The summed E-state index contributed by atoms with van der Waals surface area (Å²) in [6, 6.07) is 17.2. The minimum atomic E-state index is -0.912. The van der Waals surface area contributed by atoms with Crippen molar-refractivity contribution in [1.82, 2.24) is 5.32 Å². The Balaban J connectivity index is 1.22. The number of hydrogen-bond acceptors (Lipinski definition) is 3. The summed E-state index contributed by atoms with van der Waals surface area (Å²) < 4.78 is 5.44. The van der Waals surface area contributed by atoms with E-state index in [9.17, 15) is 9.90 Å². The van der Waals surface area contributed by atoms with E-state index >= 15 is 0 Å². The fourth-order valence-electron chi connectivity index (χ4n) is 5.39. The van der Waals surface area contributed by atoms with Gasteiger partial charge in [-0.25, -0.2) is 4.79 Å². The Kier molecular flexibility index (Phi) is 7.87. The second-order valence-corrected chi connectivity index (χ2v) is 9.69. The van der Waals surface area contributed by atoms with E-state index in [4.69, 9.17) is 4.74 Å². The average molecular weight is 448 g/mol. The molecule has 2 aliphatic rings. The van der Waals surface area contributed by atoms with Crippen LogP contribution >= 0.6 is 0 Å². The van der Waals surface area contributed by atoms with Crippen LogP contribution in [0.1, 0.15) is 73.4 Å². The number of carboxylic acids is 1. The van der Waals surface area contributed by atoms with Gasteiger partial charge in [0.2, 0.25) is 0 Å². The van der Waals surface area contributed by atoms with Crippen LogP contribution in [-0.2, 0) is 6.42 Å². The Bertz CT molecular complexity index is 960. The van der Waals surface area contributed by atoms with Crippen molar-refractivity contribution in [3.05, 3.63) is 70.8 Å². The van der Waals surface area contributed by atoms with Crippen LogP contribution in [0.2, 0.25) is 0 Å². The van der Waals surface area contributed by atoms with Crippen molar-refractivity contribution >= 4 is 12.0 Å².